The normalized spacial score (nSPS) is 30.7. The third kappa shape index (κ3) is 2.84. The summed E-state index contributed by atoms with van der Waals surface area (Å²) in [5.41, 5.74) is 1.44. The summed E-state index contributed by atoms with van der Waals surface area (Å²) in [6, 6.07) is 0.193. The highest BCUT2D eigenvalue weighted by molar-refractivity contribution is 5.97. The number of hydrogen-bond donors (Lipinski definition) is 2. The number of benzene rings is 1. The van der Waals surface area contributed by atoms with Gasteiger partial charge in [0.1, 0.15) is 23.1 Å². The molecule has 1 aromatic heterocycles. The van der Waals surface area contributed by atoms with E-state index < -0.39 is 46.2 Å². The maximum atomic E-state index is 15.2. The summed E-state index contributed by atoms with van der Waals surface area (Å²) < 4.78 is 50.8. The molecule has 4 rings (SSSR count). The number of carbonyl (C=O) groups is 1. The molecule has 2 heterocycles. The second-order valence-corrected chi connectivity index (χ2v) is 8.51. The van der Waals surface area contributed by atoms with Crippen LogP contribution in [0.1, 0.15) is 36.7 Å². The molecular weight excluding hydrogens is 403 g/mol. The second kappa shape index (κ2) is 6.37. The molecule has 1 aromatic carbocycles. The zero-order valence-electron chi connectivity index (χ0n) is 16.7. The van der Waals surface area contributed by atoms with Crippen molar-refractivity contribution >= 4 is 22.6 Å². The lowest BCUT2D eigenvalue weighted by atomic mass is 9.89. The maximum Gasteiger partial charge on any atom is 0.341 e. The second-order valence-electron chi connectivity index (χ2n) is 8.51. The van der Waals surface area contributed by atoms with Crippen molar-refractivity contribution in [3.8, 4) is 5.75 Å². The van der Waals surface area contributed by atoms with Gasteiger partial charge in [-0.3, -0.25) is 4.79 Å². The van der Waals surface area contributed by atoms with Crippen LogP contribution in [0.15, 0.2) is 17.1 Å². The van der Waals surface area contributed by atoms with Crippen LogP contribution in [0.5, 0.6) is 5.75 Å². The number of anilines is 1. The Morgan fingerprint density at radius 1 is 1.37 bits per heavy atom. The van der Waals surface area contributed by atoms with E-state index in [1.165, 1.54) is 30.4 Å². The molecule has 0 bridgehead atoms. The van der Waals surface area contributed by atoms with E-state index in [1.807, 2.05) is 0 Å². The maximum absolute atomic E-state index is 15.2. The van der Waals surface area contributed by atoms with Crippen LogP contribution in [-0.4, -0.2) is 53.2 Å². The van der Waals surface area contributed by atoms with Gasteiger partial charge in [0.25, 0.3) is 0 Å². The van der Waals surface area contributed by atoms with E-state index in [9.17, 15) is 23.5 Å². The zero-order chi connectivity index (χ0) is 22.2. The molecule has 0 unspecified atom stereocenters. The molecule has 0 radical (unpaired) electrons. The van der Waals surface area contributed by atoms with Gasteiger partial charge in [-0.25, -0.2) is 18.0 Å². The number of alkyl halides is 2. The molecule has 1 aliphatic heterocycles. The van der Waals surface area contributed by atoms with Crippen LogP contribution in [0.2, 0.25) is 0 Å². The Hall–Kier alpha value is -2.75. The first-order valence-corrected chi connectivity index (χ1v) is 9.45. The van der Waals surface area contributed by atoms with Crippen molar-refractivity contribution in [1.29, 1.82) is 0 Å². The third-order valence-corrected chi connectivity index (χ3v) is 6.19. The van der Waals surface area contributed by atoms with Gasteiger partial charge in [0.2, 0.25) is 5.43 Å². The van der Waals surface area contributed by atoms with Crippen LogP contribution in [0.25, 0.3) is 10.9 Å². The summed E-state index contributed by atoms with van der Waals surface area (Å²) in [5, 5.41) is 9.11. The molecule has 0 spiro atoms. The summed E-state index contributed by atoms with van der Waals surface area (Å²) >= 11 is 0. The van der Waals surface area contributed by atoms with Gasteiger partial charge in [0.15, 0.2) is 11.6 Å². The van der Waals surface area contributed by atoms with E-state index in [0.717, 1.165) is 12.3 Å². The fourth-order valence-corrected chi connectivity index (χ4v) is 4.10. The molecule has 162 valence electrons. The molecule has 2 aromatic rings. The summed E-state index contributed by atoms with van der Waals surface area (Å²) in [7, 11) is 1.25. The molecule has 4 atom stereocenters. The molecule has 1 saturated heterocycles. The van der Waals surface area contributed by atoms with Crippen molar-refractivity contribution in [2.75, 3.05) is 25.1 Å². The molecule has 0 amide bonds. The lowest BCUT2D eigenvalue weighted by Gasteiger charge is -2.28. The average Bonchev–Trinajstić information content (AvgIpc) is 3.31. The zero-order valence-corrected chi connectivity index (χ0v) is 16.7. The molecule has 1 aliphatic carbocycles. The van der Waals surface area contributed by atoms with Gasteiger partial charge in [0.05, 0.1) is 36.1 Å². The van der Waals surface area contributed by atoms with Crippen molar-refractivity contribution in [3.63, 3.8) is 0 Å². The number of pyridine rings is 1. The predicted molar refractivity (Wildman–Crippen MR) is 105 cm³/mol. The summed E-state index contributed by atoms with van der Waals surface area (Å²) in [5.74, 6) is -2.47. The smallest absolute Gasteiger partial charge is 0.341 e. The van der Waals surface area contributed by atoms with Crippen LogP contribution in [0, 0.1) is 5.82 Å². The number of nitrogens with two attached hydrogens (primary N) is 1. The fourth-order valence-electron chi connectivity index (χ4n) is 4.10. The summed E-state index contributed by atoms with van der Waals surface area (Å²) in [4.78, 5) is 25.6. The first-order chi connectivity index (χ1) is 13.9. The average molecular weight is 425 g/mol. The van der Waals surface area contributed by atoms with Crippen molar-refractivity contribution in [1.82, 2.24) is 4.57 Å². The Morgan fingerprint density at radius 2 is 2.00 bits per heavy atom. The monoisotopic (exact) mass is 425 g/mol. The molecule has 10 heteroatoms. The number of carboxylic acids is 1. The quantitative estimate of drug-likeness (QED) is 0.781. The predicted octanol–water partition coefficient (Wildman–Crippen LogP) is 2.40. The standard InChI is InChI=1S/C20H22F3N3O4/c1-19(23)7-25(8-20(19,2)24)15-12(22)4-9-14(17(15)30-3)26(13-5-11(13)21)6-10(16(9)27)18(28)29/h4,6,11,13H,5,7-8,24H2,1-3H3,(H,28,29)/t11-,13+,19-,20+/m0/s1. The van der Waals surface area contributed by atoms with E-state index in [1.54, 1.807) is 0 Å². The van der Waals surface area contributed by atoms with Crippen molar-refractivity contribution < 1.29 is 27.8 Å². The Bertz CT molecular complexity index is 1110. The number of carboxylic acid groups (broad SMARTS) is 1. The van der Waals surface area contributed by atoms with Crippen LogP contribution >= 0.6 is 0 Å². The molecule has 30 heavy (non-hydrogen) atoms. The topological polar surface area (TPSA) is 97.8 Å². The van der Waals surface area contributed by atoms with Crippen LogP contribution < -0.4 is 20.8 Å². The first kappa shape index (κ1) is 20.5. The number of nitrogens with zero attached hydrogens (tertiary/aromatic N) is 2. The molecule has 3 N–H and O–H groups in total. The molecular formula is C20H22F3N3O4. The fraction of sp³-hybridized carbons (Fsp3) is 0.500. The molecule has 7 nitrogen and oxygen atoms in total. The van der Waals surface area contributed by atoms with Crippen LogP contribution in [-0.2, 0) is 0 Å². The van der Waals surface area contributed by atoms with Crippen LogP contribution in [0.3, 0.4) is 0 Å². The number of rotatable bonds is 4. The van der Waals surface area contributed by atoms with Gasteiger partial charge >= 0.3 is 5.97 Å². The SMILES string of the molecule is COc1c(N2C[C@](C)(F)[C@](C)(N)C2)c(F)cc2c(=O)c(C(=O)O)cn([C@@H]3C[C@@H]3F)c12. The summed E-state index contributed by atoms with van der Waals surface area (Å²) in [6.07, 6.45) is -0.0542. The number of halogens is 3. The Kier molecular flexibility index (Phi) is 4.36. The van der Waals surface area contributed by atoms with E-state index in [2.05, 4.69) is 0 Å². The van der Waals surface area contributed by atoms with Crippen molar-refractivity contribution in [2.24, 2.45) is 5.73 Å². The first-order valence-electron chi connectivity index (χ1n) is 9.45. The number of methoxy groups -OCH3 is 1. The van der Waals surface area contributed by atoms with Gasteiger partial charge in [-0.15, -0.1) is 0 Å². The highest BCUT2D eigenvalue weighted by Crippen LogP contribution is 2.47. The Morgan fingerprint density at radius 3 is 2.47 bits per heavy atom. The van der Waals surface area contributed by atoms with E-state index in [4.69, 9.17) is 10.5 Å². The highest BCUT2D eigenvalue weighted by atomic mass is 19.1. The lowest BCUT2D eigenvalue weighted by molar-refractivity contribution is 0.0694. The largest absolute Gasteiger partial charge is 0.492 e. The van der Waals surface area contributed by atoms with Crippen molar-refractivity contribution in [3.05, 3.63) is 33.9 Å². The minimum absolute atomic E-state index is 0.0224. The van der Waals surface area contributed by atoms with Gasteiger partial charge in [-0.05, 0) is 19.9 Å². The minimum atomic E-state index is -1.83. The molecule has 1 saturated carbocycles. The number of hydrogen-bond acceptors (Lipinski definition) is 5. The lowest BCUT2D eigenvalue weighted by Crippen LogP contribution is -2.53. The Labute approximate surface area is 169 Å². The highest BCUT2D eigenvalue weighted by Gasteiger charge is 2.52. The number of aromatic carboxylic acids is 1. The van der Waals surface area contributed by atoms with Gasteiger partial charge < -0.3 is 25.0 Å². The van der Waals surface area contributed by atoms with E-state index >= 15 is 4.39 Å². The van der Waals surface area contributed by atoms with Gasteiger partial charge in [-0.2, -0.15) is 0 Å². The summed E-state index contributed by atoms with van der Waals surface area (Å²) in [6.45, 7) is 2.60. The Balaban J connectivity index is 2.03. The van der Waals surface area contributed by atoms with E-state index in [-0.39, 0.29) is 41.9 Å². The number of ether oxygens (including phenoxy) is 1. The van der Waals surface area contributed by atoms with Crippen LogP contribution in [0.4, 0.5) is 18.9 Å². The molecule has 2 fully saturated rings. The number of fused-ring (bicyclic) bond motifs is 1. The third-order valence-electron chi connectivity index (χ3n) is 6.19. The van der Waals surface area contributed by atoms with Gasteiger partial charge in [0, 0.05) is 19.2 Å². The van der Waals surface area contributed by atoms with E-state index in [0.29, 0.717) is 0 Å². The van der Waals surface area contributed by atoms with Crippen molar-refractivity contribution in [2.45, 2.75) is 43.7 Å². The minimum Gasteiger partial charge on any atom is -0.492 e. The van der Waals surface area contributed by atoms with Gasteiger partial charge in [-0.1, -0.05) is 0 Å². The molecule has 2 aliphatic rings. The number of aromatic nitrogens is 1.